The van der Waals surface area contributed by atoms with Crippen molar-refractivity contribution in [2.24, 2.45) is 21.5 Å². The van der Waals surface area contributed by atoms with Crippen LogP contribution in [0.3, 0.4) is 0 Å². The Kier molecular flexibility index (Phi) is 33.8. The molecule has 0 heterocycles. The minimum atomic E-state index is -1.13. The number of benzene rings is 6. The van der Waals surface area contributed by atoms with E-state index in [4.69, 9.17) is 76.8 Å². The lowest BCUT2D eigenvalue weighted by atomic mass is 9.87. The van der Waals surface area contributed by atoms with Crippen LogP contribution in [0.5, 0.6) is 0 Å². The number of fused-ring (bicyclic) bond motifs is 2. The summed E-state index contributed by atoms with van der Waals surface area (Å²) >= 11 is 25.9. The number of nitrogens with zero attached hydrogens (tertiary/aromatic N) is 2. The number of aliphatic imine (C=N–C) groups is 2. The number of Topliss-reactive ketones (excluding diaryl/α,β-unsaturated/α-hetero) is 2. The zero-order valence-corrected chi connectivity index (χ0v) is 62.0. The summed E-state index contributed by atoms with van der Waals surface area (Å²) in [5, 5.41) is 15.0. The van der Waals surface area contributed by atoms with Gasteiger partial charge in [0.25, 0.3) is 11.8 Å². The number of ether oxygens (including phenoxy) is 4. The van der Waals surface area contributed by atoms with Crippen LogP contribution in [-0.2, 0) is 55.8 Å². The van der Waals surface area contributed by atoms with Gasteiger partial charge in [-0.3, -0.25) is 29.3 Å². The smallest absolute Gasteiger partial charge is 0.413 e. The third kappa shape index (κ3) is 26.4. The third-order valence-corrected chi connectivity index (χ3v) is 16.8. The van der Waals surface area contributed by atoms with Crippen LogP contribution in [0.15, 0.2) is 131 Å². The average molecular weight is 1500 g/mol. The molecule has 0 saturated heterocycles. The van der Waals surface area contributed by atoms with Crippen molar-refractivity contribution in [3.63, 3.8) is 0 Å². The van der Waals surface area contributed by atoms with E-state index in [0.717, 1.165) is 77.5 Å². The molecule has 4 atom stereocenters. The van der Waals surface area contributed by atoms with Gasteiger partial charge in [-0.15, -0.1) is 0 Å². The van der Waals surface area contributed by atoms with Gasteiger partial charge in [0.05, 0.1) is 69.9 Å². The molecule has 0 radical (unpaired) electrons. The molecule has 101 heavy (non-hydrogen) atoms. The van der Waals surface area contributed by atoms with Gasteiger partial charge in [-0.25, -0.2) is 24.4 Å². The highest BCUT2D eigenvalue weighted by Gasteiger charge is 2.30. The molecule has 6 aromatic carbocycles. The lowest BCUT2D eigenvalue weighted by Gasteiger charge is -2.27. The fraction of sp³-hybridized carbons (Fsp3) is 0.378. The number of carbonyl (C=O) groups excluding carboxylic acids is 8. The van der Waals surface area contributed by atoms with E-state index < -0.39 is 59.1 Å². The normalized spacial score (nSPS) is 14.4. The van der Waals surface area contributed by atoms with E-state index >= 15 is 0 Å². The molecule has 2 unspecified atom stereocenters. The lowest BCUT2D eigenvalue weighted by molar-refractivity contribution is -0.153. The number of amides is 3. The zero-order valence-electron chi connectivity index (χ0n) is 57.0. The van der Waals surface area contributed by atoms with Gasteiger partial charge in [-0.05, 0) is 186 Å². The van der Waals surface area contributed by atoms with Crippen LogP contribution < -0.4 is 38.1 Å². The first-order valence-electron chi connectivity index (χ1n) is 32.0. The van der Waals surface area contributed by atoms with Crippen LogP contribution in [0.2, 0.25) is 20.1 Å². The fourth-order valence-corrected chi connectivity index (χ4v) is 12.5. The molecule has 0 aliphatic heterocycles. The van der Waals surface area contributed by atoms with Gasteiger partial charge in [0.2, 0.25) is 0 Å². The number of nitrogens with one attached hydrogen (secondary N) is 5. The Balaban J connectivity index is 0.000000431. The van der Waals surface area contributed by atoms with E-state index in [-0.39, 0.29) is 146 Å². The van der Waals surface area contributed by atoms with E-state index in [0.29, 0.717) is 11.4 Å². The Morgan fingerprint density at radius 3 is 1.29 bits per heavy atom. The zero-order chi connectivity index (χ0) is 71.4. The Labute approximate surface area is 624 Å². The van der Waals surface area contributed by atoms with Gasteiger partial charge in [-0.1, -0.05) is 127 Å². The van der Waals surface area contributed by atoms with E-state index in [9.17, 15) is 38.4 Å². The molecule has 544 valence electrons. The standard InChI is InChI=1S/C42H50Cl2N4O8.C31H33Cl2N5O4.CH4.2H2S/c1-41(2,3)55-36(50)23-35(48-40(53)56-42(4,5)6)46-28-17-16-26-14-11-15-33(30(26)22-28)45-24-29(49)18-19-34(39(52)54-7)47-38(51)37-31(43)20-27(21-32(37)44)25-12-9-8-10-13-25;1-42-30(41)27(38-29(40)28-24(32)14-20(15-25(28)33)18-6-3-2-4-7-18)13-12-22(39)17-36-26-9-5-8-19-10-11-21(16-23(19)26)37-31(34)35;;;/h8-10,12-13,16-17,20-22,33-34,45H,11,14-15,18-19,23-24H2,1-7H3,(H,47,51)(H,46,48,53);2-4,6-7,10-11,14-16,26-27,36H,5,8-9,12-13,17H2,1H3,(H,38,40)(H4,34,35,37);1H4;2*1H2/t33?,34-;26?,27-;;;/m00.../s1. The van der Waals surface area contributed by atoms with Crippen LogP contribution in [-0.4, -0.2) is 110 Å². The third-order valence-electron chi connectivity index (χ3n) is 15.6. The number of rotatable bonds is 24. The molecule has 8 rings (SSSR count). The number of esters is 3. The Bertz CT molecular complexity index is 3880. The molecular weight excluding hydrogens is 1410 g/mol. The number of alkyl carbamates (subject to hydrolysis) is 1. The quantitative estimate of drug-likeness (QED) is 0.0128. The topological polar surface area (TPSA) is 310 Å². The predicted octanol–water partition coefficient (Wildman–Crippen LogP) is 13.9. The van der Waals surface area contributed by atoms with Crippen LogP contribution in [0.4, 0.5) is 16.2 Å². The van der Waals surface area contributed by atoms with Crippen LogP contribution in [0.25, 0.3) is 22.3 Å². The summed E-state index contributed by atoms with van der Waals surface area (Å²) in [5.41, 5.74) is 18.2. The summed E-state index contributed by atoms with van der Waals surface area (Å²) in [4.78, 5) is 112. The van der Waals surface area contributed by atoms with Crippen LogP contribution in [0, 0.1) is 0 Å². The maximum atomic E-state index is 13.3. The van der Waals surface area contributed by atoms with Crippen molar-refractivity contribution in [2.75, 3.05) is 27.3 Å². The molecule has 0 aromatic heterocycles. The Morgan fingerprint density at radius 1 is 0.535 bits per heavy atom. The maximum absolute atomic E-state index is 13.3. The van der Waals surface area contributed by atoms with Crippen molar-refractivity contribution in [1.29, 1.82) is 0 Å². The number of methoxy groups -OCH3 is 2. The monoisotopic (exact) mass is 1500 g/mol. The summed E-state index contributed by atoms with van der Waals surface area (Å²) in [7, 11) is 2.42. The second-order valence-corrected chi connectivity index (χ2v) is 27.1. The number of amidine groups is 1. The van der Waals surface area contributed by atoms with E-state index in [2.05, 4.69) is 36.6 Å². The number of nitrogens with two attached hydrogens (primary N) is 2. The first-order chi connectivity index (χ1) is 46.5. The van der Waals surface area contributed by atoms with Crippen molar-refractivity contribution in [1.82, 2.24) is 26.6 Å². The number of guanidine groups is 1. The Hall–Kier alpha value is -8.00. The highest BCUT2D eigenvalue weighted by Crippen LogP contribution is 2.37. The lowest BCUT2D eigenvalue weighted by Crippen LogP contribution is -2.42. The van der Waals surface area contributed by atoms with E-state index in [1.807, 2.05) is 91.0 Å². The summed E-state index contributed by atoms with van der Waals surface area (Å²) < 4.78 is 20.6. The summed E-state index contributed by atoms with van der Waals surface area (Å²) in [6, 6.07) is 34.4. The molecule has 21 nitrogen and oxygen atoms in total. The molecule has 9 N–H and O–H groups in total. The first-order valence-corrected chi connectivity index (χ1v) is 33.5. The number of hydrogen-bond acceptors (Lipinski definition) is 16. The first kappa shape index (κ1) is 85.4. The largest absolute Gasteiger partial charge is 0.467 e. The SMILES string of the molecule is C.COC(=O)[C@H](CCC(=O)CNC1CCCc2ccc(N=C(CC(=O)OC(C)(C)C)NC(=O)OC(C)(C)C)cc21)NC(=O)c1c(Cl)cc(-c2ccccc2)cc1Cl.COC(=O)[C@H](CCC(=O)CNC1CCCc2ccc(N=C(N)N)cc21)NC(=O)c1c(Cl)cc(-c2ccccc2)cc1Cl.S.S. The number of hydrogen-bond donors (Lipinski definition) is 7. The predicted molar refractivity (Wildman–Crippen MR) is 409 cm³/mol. The molecule has 0 saturated carbocycles. The molecule has 3 amide bonds. The van der Waals surface area contributed by atoms with Gasteiger partial charge in [0.15, 0.2) is 5.96 Å². The molecule has 2 aliphatic carbocycles. The summed E-state index contributed by atoms with van der Waals surface area (Å²) in [6.45, 7) is 10.5. The Morgan fingerprint density at radius 2 is 0.921 bits per heavy atom. The highest BCUT2D eigenvalue weighted by molar-refractivity contribution is 7.59. The second-order valence-electron chi connectivity index (χ2n) is 25.5. The van der Waals surface area contributed by atoms with Gasteiger partial charge < -0.3 is 51.7 Å². The maximum Gasteiger partial charge on any atom is 0.413 e. The van der Waals surface area contributed by atoms with Crippen LogP contribution in [0.1, 0.15) is 162 Å². The highest BCUT2D eigenvalue weighted by atomic mass is 35.5. The molecule has 27 heteroatoms. The van der Waals surface area contributed by atoms with Crippen molar-refractivity contribution in [3.05, 3.63) is 175 Å². The molecular formula is C74H91Cl4N9O12S2. The van der Waals surface area contributed by atoms with E-state index in [1.165, 1.54) is 19.8 Å². The van der Waals surface area contributed by atoms with Gasteiger partial charge in [0, 0.05) is 24.9 Å². The van der Waals surface area contributed by atoms with Gasteiger partial charge in [-0.2, -0.15) is 27.0 Å². The summed E-state index contributed by atoms with van der Waals surface area (Å²) in [6.07, 6.45) is 4.23. The molecule has 2 aliphatic rings. The number of aryl methyl sites for hydroxylation is 2. The fourth-order valence-electron chi connectivity index (χ4n) is 11.2. The van der Waals surface area contributed by atoms with Gasteiger partial charge >= 0.3 is 24.0 Å². The minimum absolute atomic E-state index is 0. The second kappa shape index (κ2) is 40.0. The molecule has 0 bridgehead atoms. The number of ketones is 2. The van der Waals surface area contributed by atoms with Crippen molar-refractivity contribution < 1.29 is 57.3 Å². The molecule has 0 fully saturated rings. The molecule has 0 spiro atoms. The van der Waals surface area contributed by atoms with Gasteiger partial charge in [0.1, 0.15) is 47.1 Å². The summed E-state index contributed by atoms with van der Waals surface area (Å²) in [5.74, 6) is -3.53. The van der Waals surface area contributed by atoms with Crippen LogP contribution >= 0.6 is 73.4 Å². The average Bonchev–Trinajstić information content (AvgIpc) is 0.828. The van der Waals surface area contributed by atoms with E-state index in [1.54, 1.807) is 71.9 Å². The number of halogens is 4. The molecule has 6 aromatic rings. The minimum Gasteiger partial charge on any atom is -0.467 e. The number of carbonyl (C=O) groups is 8. The van der Waals surface area contributed by atoms with Crippen molar-refractivity contribution in [2.45, 2.75) is 155 Å². The van der Waals surface area contributed by atoms with Crippen molar-refractivity contribution >= 4 is 144 Å². The van der Waals surface area contributed by atoms with Crippen molar-refractivity contribution in [3.8, 4) is 22.3 Å².